The molecule has 32 heavy (non-hydrogen) atoms. The molecule has 1 saturated carbocycles. The molecule has 1 aliphatic carbocycles. The summed E-state index contributed by atoms with van der Waals surface area (Å²) in [6.07, 6.45) is 5.55. The average Bonchev–Trinajstić information content (AvgIpc) is 3.66. The van der Waals surface area contributed by atoms with Gasteiger partial charge < -0.3 is 19.9 Å². The van der Waals surface area contributed by atoms with Gasteiger partial charge in [-0.1, -0.05) is 36.4 Å². The summed E-state index contributed by atoms with van der Waals surface area (Å²) < 4.78 is 6.32. The van der Waals surface area contributed by atoms with E-state index in [0.717, 1.165) is 49.8 Å². The van der Waals surface area contributed by atoms with Gasteiger partial charge in [-0.3, -0.25) is 4.79 Å². The number of anilines is 1. The van der Waals surface area contributed by atoms with E-state index in [-0.39, 0.29) is 23.6 Å². The average molecular weight is 434 g/mol. The van der Waals surface area contributed by atoms with Crippen LogP contribution in [0.15, 0.2) is 60.7 Å². The predicted molar refractivity (Wildman–Crippen MR) is 124 cm³/mol. The molecule has 3 fully saturated rings. The van der Waals surface area contributed by atoms with Crippen LogP contribution in [0.2, 0.25) is 0 Å². The molecule has 3 amide bonds. The summed E-state index contributed by atoms with van der Waals surface area (Å²) in [7, 11) is 0. The fourth-order valence-corrected chi connectivity index (χ4v) is 5.14. The van der Waals surface area contributed by atoms with Gasteiger partial charge in [0.25, 0.3) is 5.91 Å². The van der Waals surface area contributed by atoms with Crippen LogP contribution in [0.1, 0.15) is 48.9 Å². The van der Waals surface area contributed by atoms with Crippen LogP contribution in [-0.2, 0) is 4.74 Å². The van der Waals surface area contributed by atoms with E-state index in [1.807, 2.05) is 65.6 Å². The second-order valence-corrected chi connectivity index (χ2v) is 9.27. The highest BCUT2D eigenvalue weighted by Gasteiger charge is 2.46. The fourth-order valence-electron chi connectivity index (χ4n) is 5.14. The summed E-state index contributed by atoms with van der Waals surface area (Å²) in [5.41, 5.74) is 1.34. The fraction of sp³-hybridized carbons (Fsp3) is 0.462. The van der Waals surface area contributed by atoms with E-state index >= 15 is 0 Å². The number of likely N-dealkylation sites (tertiary alicyclic amines) is 1. The lowest BCUT2D eigenvalue weighted by molar-refractivity contribution is -0.125. The SMILES string of the molecule is O=C(Nc1ccccc1)N1CCC2(CC1)CC(N(C(=O)c1ccccc1)C1CC1)CCO2. The molecule has 1 N–H and O–H groups in total. The second-order valence-electron chi connectivity index (χ2n) is 9.27. The normalized spacial score (nSPS) is 22.4. The van der Waals surface area contributed by atoms with Crippen molar-refractivity contribution in [3.8, 4) is 0 Å². The third-order valence-corrected chi connectivity index (χ3v) is 7.04. The summed E-state index contributed by atoms with van der Waals surface area (Å²) in [6.45, 7) is 2.01. The Labute approximate surface area is 189 Å². The minimum absolute atomic E-state index is 0.0581. The number of urea groups is 1. The lowest BCUT2D eigenvalue weighted by atomic mass is 9.81. The van der Waals surface area contributed by atoms with Crippen molar-refractivity contribution >= 4 is 17.6 Å². The molecule has 2 aromatic rings. The van der Waals surface area contributed by atoms with Gasteiger partial charge in [0, 0.05) is 43.0 Å². The van der Waals surface area contributed by atoms with Crippen molar-refractivity contribution in [2.24, 2.45) is 0 Å². The summed E-state index contributed by atoms with van der Waals surface area (Å²) in [5, 5.41) is 2.98. The maximum atomic E-state index is 13.3. The highest BCUT2D eigenvalue weighted by atomic mass is 16.5. The van der Waals surface area contributed by atoms with Crippen molar-refractivity contribution in [2.45, 2.75) is 56.2 Å². The van der Waals surface area contributed by atoms with Crippen molar-refractivity contribution in [3.63, 3.8) is 0 Å². The quantitative estimate of drug-likeness (QED) is 0.770. The molecule has 6 nitrogen and oxygen atoms in total. The number of nitrogens with zero attached hydrogens (tertiary/aromatic N) is 2. The largest absolute Gasteiger partial charge is 0.375 e. The smallest absolute Gasteiger partial charge is 0.321 e. The van der Waals surface area contributed by atoms with Crippen LogP contribution in [-0.4, -0.2) is 59.1 Å². The van der Waals surface area contributed by atoms with Gasteiger partial charge in [-0.15, -0.1) is 0 Å². The molecule has 2 aromatic carbocycles. The lowest BCUT2D eigenvalue weighted by Gasteiger charge is -2.48. The van der Waals surface area contributed by atoms with Crippen LogP contribution in [0.4, 0.5) is 10.5 Å². The summed E-state index contributed by atoms with van der Waals surface area (Å²) in [5.74, 6) is 0.148. The molecule has 2 heterocycles. The molecule has 1 unspecified atom stereocenters. The molecule has 1 spiro atoms. The molecule has 0 radical (unpaired) electrons. The van der Waals surface area contributed by atoms with Crippen LogP contribution >= 0.6 is 0 Å². The number of amides is 3. The Morgan fingerprint density at radius 1 is 0.906 bits per heavy atom. The van der Waals surface area contributed by atoms with E-state index in [4.69, 9.17) is 4.74 Å². The Hall–Kier alpha value is -2.86. The molecule has 168 valence electrons. The van der Waals surface area contributed by atoms with Crippen molar-refractivity contribution < 1.29 is 14.3 Å². The monoisotopic (exact) mass is 433 g/mol. The van der Waals surface area contributed by atoms with Crippen molar-refractivity contribution in [1.29, 1.82) is 0 Å². The maximum Gasteiger partial charge on any atom is 0.321 e. The molecule has 0 aromatic heterocycles. The first-order valence-corrected chi connectivity index (χ1v) is 11.8. The minimum atomic E-state index is -0.240. The highest BCUT2D eigenvalue weighted by molar-refractivity contribution is 5.94. The van der Waals surface area contributed by atoms with Gasteiger partial charge in [-0.25, -0.2) is 4.79 Å². The van der Waals surface area contributed by atoms with Crippen LogP contribution in [0.25, 0.3) is 0 Å². The van der Waals surface area contributed by atoms with Crippen LogP contribution < -0.4 is 5.32 Å². The Morgan fingerprint density at radius 3 is 2.22 bits per heavy atom. The number of hydrogen-bond acceptors (Lipinski definition) is 3. The first-order chi connectivity index (χ1) is 15.6. The number of nitrogens with one attached hydrogen (secondary N) is 1. The van der Waals surface area contributed by atoms with E-state index < -0.39 is 0 Å². The second kappa shape index (κ2) is 8.94. The van der Waals surface area contributed by atoms with E-state index in [1.54, 1.807) is 0 Å². The molecule has 6 heteroatoms. The van der Waals surface area contributed by atoms with Crippen LogP contribution in [0.3, 0.4) is 0 Å². The standard InChI is InChI=1S/C26H31N3O3/c30-24(20-7-3-1-4-8-20)29(22-11-12-22)23-13-18-32-26(19-23)14-16-28(17-15-26)25(31)27-21-9-5-2-6-10-21/h1-10,22-23H,11-19H2,(H,27,31). The zero-order chi connectivity index (χ0) is 22.0. The number of rotatable bonds is 4. The predicted octanol–water partition coefficient (Wildman–Crippen LogP) is 4.54. The number of hydrogen-bond donors (Lipinski definition) is 1. The number of ether oxygens (including phenoxy) is 1. The number of benzene rings is 2. The maximum absolute atomic E-state index is 13.3. The highest BCUT2D eigenvalue weighted by Crippen LogP contribution is 2.40. The molecule has 2 saturated heterocycles. The Balaban J connectivity index is 1.23. The zero-order valence-electron chi connectivity index (χ0n) is 18.4. The van der Waals surface area contributed by atoms with Crippen molar-refractivity contribution in [1.82, 2.24) is 9.80 Å². The lowest BCUT2D eigenvalue weighted by Crippen LogP contribution is -2.56. The van der Waals surface area contributed by atoms with Gasteiger partial charge in [-0.05, 0) is 62.8 Å². The Bertz CT molecular complexity index is 937. The molecule has 3 aliphatic rings. The number of piperidine rings is 1. The van der Waals surface area contributed by atoms with Gasteiger partial charge in [0.05, 0.1) is 5.60 Å². The van der Waals surface area contributed by atoms with Gasteiger partial charge in [0.2, 0.25) is 0 Å². The Kier molecular flexibility index (Phi) is 5.87. The summed E-state index contributed by atoms with van der Waals surface area (Å²) in [6, 6.07) is 19.7. The van der Waals surface area contributed by atoms with Crippen LogP contribution in [0, 0.1) is 0 Å². The third kappa shape index (κ3) is 4.51. The first kappa shape index (κ1) is 21.0. The van der Waals surface area contributed by atoms with E-state index in [1.165, 1.54) is 0 Å². The number of para-hydroxylation sites is 1. The molecule has 5 rings (SSSR count). The zero-order valence-corrected chi connectivity index (χ0v) is 18.4. The van der Waals surface area contributed by atoms with Gasteiger partial charge in [0.15, 0.2) is 0 Å². The van der Waals surface area contributed by atoms with Crippen molar-refractivity contribution in [3.05, 3.63) is 66.2 Å². The van der Waals surface area contributed by atoms with E-state index in [9.17, 15) is 9.59 Å². The van der Waals surface area contributed by atoms with Gasteiger partial charge in [-0.2, -0.15) is 0 Å². The van der Waals surface area contributed by atoms with E-state index in [0.29, 0.717) is 25.7 Å². The summed E-state index contributed by atoms with van der Waals surface area (Å²) in [4.78, 5) is 30.0. The van der Waals surface area contributed by atoms with Gasteiger partial charge in [0.1, 0.15) is 0 Å². The summed E-state index contributed by atoms with van der Waals surface area (Å²) >= 11 is 0. The van der Waals surface area contributed by atoms with Gasteiger partial charge >= 0.3 is 6.03 Å². The van der Waals surface area contributed by atoms with E-state index in [2.05, 4.69) is 10.2 Å². The topological polar surface area (TPSA) is 61.9 Å². The number of carbonyl (C=O) groups is 2. The molecule has 1 atom stereocenters. The molecule has 0 bridgehead atoms. The minimum Gasteiger partial charge on any atom is -0.375 e. The Morgan fingerprint density at radius 2 is 1.56 bits per heavy atom. The molecule has 2 aliphatic heterocycles. The molecular formula is C26H31N3O3. The van der Waals surface area contributed by atoms with Crippen LogP contribution in [0.5, 0.6) is 0 Å². The first-order valence-electron chi connectivity index (χ1n) is 11.8. The number of carbonyl (C=O) groups excluding carboxylic acids is 2. The van der Waals surface area contributed by atoms with Crippen molar-refractivity contribution in [2.75, 3.05) is 25.0 Å². The molecular weight excluding hydrogens is 402 g/mol. The third-order valence-electron chi connectivity index (χ3n) is 7.04.